The van der Waals surface area contributed by atoms with Gasteiger partial charge in [0.1, 0.15) is 5.76 Å². The first-order chi connectivity index (χ1) is 17.2. The Kier molecular flexibility index (Phi) is 6.72. The van der Waals surface area contributed by atoms with E-state index in [1.54, 1.807) is 19.1 Å². The van der Waals surface area contributed by atoms with Crippen LogP contribution in [0, 0.1) is 27.2 Å². The molecule has 2 aromatic carbocycles. The summed E-state index contributed by atoms with van der Waals surface area (Å²) in [7, 11) is 0. The molecule has 0 unspecified atom stereocenters. The van der Waals surface area contributed by atoms with Crippen molar-refractivity contribution in [3.63, 3.8) is 0 Å². The Balaban J connectivity index is 1.45. The van der Waals surface area contributed by atoms with Crippen molar-refractivity contribution in [2.75, 3.05) is 5.43 Å². The molecular weight excluding hydrogens is 472 g/mol. The lowest BCUT2D eigenvalue weighted by atomic mass is 9.93. The van der Waals surface area contributed by atoms with Crippen LogP contribution in [0.1, 0.15) is 50.6 Å². The van der Waals surface area contributed by atoms with Crippen LogP contribution in [-0.4, -0.2) is 27.4 Å². The van der Waals surface area contributed by atoms with Crippen molar-refractivity contribution in [1.82, 2.24) is 10.9 Å². The number of non-ortho nitro benzene ring substituents is 2. The van der Waals surface area contributed by atoms with E-state index in [0.717, 1.165) is 6.42 Å². The van der Waals surface area contributed by atoms with Gasteiger partial charge in [-0.25, -0.2) is 0 Å². The highest BCUT2D eigenvalue weighted by Crippen LogP contribution is 2.30. The maximum atomic E-state index is 12.7. The number of hydrazine groups is 1. The van der Waals surface area contributed by atoms with Crippen LogP contribution >= 0.6 is 0 Å². The quantitative estimate of drug-likeness (QED) is 0.344. The average molecular weight is 492 g/mol. The molecule has 0 bridgehead atoms. The smallest absolute Gasteiger partial charge is 0.305 e. The Morgan fingerprint density at radius 1 is 0.889 bits per heavy atom. The maximum Gasteiger partial charge on any atom is 0.305 e. The van der Waals surface area contributed by atoms with Gasteiger partial charge < -0.3 is 4.42 Å². The van der Waals surface area contributed by atoms with Crippen LogP contribution in [0.4, 0.5) is 17.1 Å². The number of hydrogen-bond donors (Lipinski definition) is 3. The number of nitro groups is 2. The number of benzene rings is 2. The summed E-state index contributed by atoms with van der Waals surface area (Å²) in [5.41, 5.74) is 9.86. The number of fused-ring (bicyclic) bond motifs is 1. The third-order valence-corrected chi connectivity index (χ3v) is 5.56. The highest BCUT2D eigenvalue weighted by atomic mass is 16.6. The molecule has 184 valence electrons. The summed E-state index contributed by atoms with van der Waals surface area (Å²) in [5.74, 6) is -0.703. The number of aryl methyl sites for hydroxylation is 1. The monoisotopic (exact) mass is 492 g/mol. The molecule has 0 radical (unpaired) electrons. The summed E-state index contributed by atoms with van der Waals surface area (Å²) in [5, 5.41) is 26.0. The van der Waals surface area contributed by atoms with Gasteiger partial charge in [0, 0.05) is 47.4 Å². The van der Waals surface area contributed by atoms with Crippen LogP contribution in [0.5, 0.6) is 0 Å². The number of nitrogens with zero attached hydrogens (tertiary/aromatic N) is 3. The van der Waals surface area contributed by atoms with E-state index < -0.39 is 21.7 Å². The molecule has 0 spiro atoms. The number of hydrogen-bond acceptors (Lipinski definition) is 9. The Bertz CT molecular complexity index is 1380. The van der Waals surface area contributed by atoms with Gasteiger partial charge in [-0.2, -0.15) is 5.10 Å². The predicted molar refractivity (Wildman–Crippen MR) is 128 cm³/mol. The first-order valence-electron chi connectivity index (χ1n) is 10.8. The Hall–Kier alpha value is -5.07. The minimum absolute atomic E-state index is 0.0222. The van der Waals surface area contributed by atoms with Gasteiger partial charge in [0.25, 0.3) is 17.3 Å². The van der Waals surface area contributed by atoms with E-state index in [-0.39, 0.29) is 22.7 Å². The zero-order chi connectivity index (χ0) is 25.8. The molecule has 0 fully saturated rings. The van der Waals surface area contributed by atoms with Gasteiger partial charge in [-0.15, -0.1) is 0 Å². The Morgan fingerprint density at radius 3 is 2.08 bits per heavy atom. The number of hydrazone groups is 1. The molecule has 0 aliphatic heterocycles. The zero-order valence-electron chi connectivity index (χ0n) is 18.9. The molecule has 4 rings (SSSR count). The van der Waals surface area contributed by atoms with Crippen molar-refractivity contribution in [2.45, 2.75) is 26.2 Å². The van der Waals surface area contributed by atoms with Crippen LogP contribution in [0.15, 0.2) is 58.0 Å². The van der Waals surface area contributed by atoms with Crippen molar-refractivity contribution in [3.05, 3.63) is 97.0 Å². The van der Waals surface area contributed by atoms with Crippen molar-refractivity contribution >= 4 is 34.6 Å². The van der Waals surface area contributed by atoms with Gasteiger partial charge in [-0.1, -0.05) is 0 Å². The minimum Gasteiger partial charge on any atom is -0.455 e. The highest BCUT2D eigenvalue weighted by Gasteiger charge is 2.28. The molecule has 2 amide bonds. The molecular formula is C23H20N6O7. The van der Waals surface area contributed by atoms with Crippen molar-refractivity contribution in [2.24, 2.45) is 5.10 Å². The molecule has 13 nitrogen and oxygen atoms in total. The number of nitrogens with one attached hydrogen (secondary N) is 3. The minimum atomic E-state index is -0.667. The van der Waals surface area contributed by atoms with Gasteiger partial charge in [0.05, 0.1) is 21.2 Å². The predicted octanol–water partition coefficient (Wildman–Crippen LogP) is 3.63. The number of furan rings is 1. The first-order valence-corrected chi connectivity index (χ1v) is 10.8. The van der Waals surface area contributed by atoms with E-state index in [0.29, 0.717) is 41.1 Å². The number of anilines is 1. The average Bonchev–Trinajstić information content (AvgIpc) is 3.23. The fraction of sp³-hybridized carbons (Fsp3) is 0.174. The van der Waals surface area contributed by atoms with Crippen LogP contribution in [0.2, 0.25) is 0 Å². The van der Waals surface area contributed by atoms with E-state index in [1.165, 1.54) is 36.4 Å². The van der Waals surface area contributed by atoms with Crippen LogP contribution < -0.4 is 16.3 Å². The summed E-state index contributed by atoms with van der Waals surface area (Å²) in [6, 6.07) is 10.7. The van der Waals surface area contributed by atoms with Gasteiger partial charge in [-0.05, 0) is 44.0 Å². The van der Waals surface area contributed by atoms with E-state index in [4.69, 9.17) is 4.42 Å². The molecule has 1 aromatic heterocycles. The topological polar surface area (TPSA) is 182 Å². The Morgan fingerprint density at radius 2 is 1.47 bits per heavy atom. The van der Waals surface area contributed by atoms with Crippen molar-refractivity contribution in [1.29, 1.82) is 0 Å². The standard InChI is InChI=1S/C23H20N6O7/c1-13-20-18(25-24-15-7-11-17(12-8-15)29(34)35)3-2-4-19(20)36-21(13)23(31)27-26-22(30)14-5-9-16(10-6-14)28(32)33/h5-12,24H,2-4H2,1H3,(H,26,30)(H,27,31)/b25-18+. The Labute approximate surface area is 203 Å². The lowest BCUT2D eigenvalue weighted by molar-refractivity contribution is -0.385. The molecule has 0 saturated carbocycles. The lowest BCUT2D eigenvalue weighted by Gasteiger charge is -2.13. The van der Waals surface area contributed by atoms with Crippen LogP contribution in [0.3, 0.4) is 0 Å². The molecule has 36 heavy (non-hydrogen) atoms. The van der Waals surface area contributed by atoms with E-state index in [2.05, 4.69) is 21.4 Å². The van der Waals surface area contributed by atoms with Crippen molar-refractivity contribution < 1.29 is 23.9 Å². The molecule has 3 aromatic rings. The van der Waals surface area contributed by atoms with E-state index in [1.807, 2.05) is 0 Å². The third-order valence-electron chi connectivity index (χ3n) is 5.56. The number of rotatable bonds is 6. The molecule has 3 N–H and O–H groups in total. The zero-order valence-corrected chi connectivity index (χ0v) is 18.9. The summed E-state index contributed by atoms with van der Waals surface area (Å²) in [6.07, 6.45) is 1.99. The van der Waals surface area contributed by atoms with Gasteiger partial charge in [0.15, 0.2) is 5.76 Å². The molecule has 1 aliphatic carbocycles. The van der Waals surface area contributed by atoms with Gasteiger partial charge in [0.2, 0.25) is 0 Å². The summed E-state index contributed by atoms with van der Waals surface area (Å²) < 4.78 is 5.78. The van der Waals surface area contributed by atoms with E-state index in [9.17, 15) is 29.8 Å². The fourth-order valence-electron chi connectivity index (χ4n) is 3.76. The maximum absolute atomic E-state index is 12.7. The van der Waals surface area contributed by atoms with Crippen molar-refractivity contribution in [3.8, 4) is 0 Å². The summed E-state index contributed by atoms with van der Waals surface area (Å²) >= 11 is 0. The second-order valence-corrected chi connectivity index (χ2v) is 7.89. The SMILES string of the molecule is Cc1c(C(=O)NNC(=O)c2ccc([N+](=O)[O-])cc2)oc2c1/C(=N/Nc1ccc([N+](=O)[O-])cc1)CCC2. The first kappa shape index (κ1) is 24.1. The number of carbonyl (C=O) groups excluding carboxylic acids is 2. The second kappa shape index (κ2) is 10.0. The van der Waals surface area contributed by atoms with Gasteiger partial charge in [-0.3, -0.25) is 46.1 Å². The number of carbonyl (C=O) groups is 2. The largest absolute Gasteiger partial charge is 0.455 e. The van der Waals surface area contributed by atoms with Crippen LogP contribution in [0.25, 0.3) is 0 Å². The number of nitro benzene ring substituents is 2. The molecule has 0 saturated heterocycles. The summed E-state index contributed by atoms with van der Waals surface area (Å²) in [6.45, 7) is 1.71. The molecule has 13 heteroatoms. The normalized spacial score (nSPS) is 13.5. The fourth-order valence-corrected chi connectivity index (χ4v) is 3.76. The van der Waals surface area contributed by atoms with Crippen LogP contribution in [-0.2, 0) is 6.42 Å². The molecule has 1 aliphatic rings. The lowest BCUT2D eigenvalue weighted by Crippen LogP contribution is -2.41. The van der Waals surface area contributed by atoms with E-state index >= 15 is 0 Å². The third kappa shape index (κ3) is 5.04. The summed E-state index contributed by atoms with van der Waals surface area (Å²) in [4.78, 5) is 45.5. The second-order valence-electron chi connectivity index (χ2n) is 7.89. The van der Waals surface area contributed by atoms with Gasteiger partial charge >= 0.3 is 5.91 Å². The highest BCUT2D eigenvalue weighted by molar-refractivity contribution is 6.07. The molecule has 1 heterocycles. The molecule has 0 atom stereocenters. The number of amides is 2.